The molecular formula is C13H11F2N3OS. The lowest BCUT2D eigenvalue weighted by Crippen LogP contribution is -2.24. The van der Waals surface area contributed by atoms with Crippen LogP contribution in [0.3, 0.4) is 0 Å². The minimum Gasteiger partial charge on any atom is -0.323 e. The lowest BCUT2D eigenvalue weighted by atomic mass is 10.2. The molecule has 0 aliphatic carbocycles. The van der Waals surface area contributed by atoms with E-state index in [0.29, 0.717) is 0 Å². The summed E-state index contributed by atoms with van der Waals surface area (Å²) < 4.78 is 26.5. The van der Waals surface area contributed by atoms with Crippen LogP contribution < -0.4 is 5.32 Å². The number of amides is 1. The molecule has 0 atom stereocenters. The summed E-state index contributed by atoms with van der Waals surface area (Å²) in [7, 11) is 0. The van der Waals surface area contributed by atoms with E-state index in [1.54, 1.807) is 0 Å². The number of carbonyl (C=O) groups excluding carboxylic acids is 1. The first-order chi connectivity index (χ1) is 9.63. The number of halogens is 2. The standard InChI is InChI=1S/C13H11F2N3OS/c14-8-1-2-10(15)11(5-8)17-12(19)6-9-7-20-13-16-3-4-18(9)13/h1-2,5,7H,3-4,6H2,(H,17,19). The minimum atomic E-state index is -0.655. The van der Waals surface area contributed by atoms with Crippen LogP contribution in [-0.2, 0) is 4.79 Å². The highest BCUT2D eigenvalue weighted by molar-refractivity contribution is 8.16. The molecular weight excluding hydrogens is 284 g/mol. The highest BCUT2D eigenvalue weighted by atomic mass is 32.2. The number of carbonyl (C=O) groups is 1. The molecule has 0 saturated carbocycles. The molecule has 2 aliphatic rings. The molecule has 0 bridgehead atoms. The molecule has 7 heteroatoms. The van der Waals surface area contributed by atoms with Crippen LogP contribution in [0.5, 0.6) is 0 Å². The van der Waals surface area contributed by atoms with Gasteiger partial charge in [-0.25, -0.2) is 8.78 Å². The summed E-state index contributed by atoms with van der Waals surface area (Å²) >= 11 is 1.47. The SMILES string of the molecule is O=C(CC1=CSC2=NCCN12)Nc1cc(F)ccc1F. The van der Waals surface area contributed by atoms with Crippen LogP contribution in [0.4, 0.5) is 14.5 Å². The molecule has 1 aromatic carbocycles. The third kappa shape index (κ3) is 2.53. The fraction of sp³-hybridized carbons (Fsp3) is 0.231. The fourth-order valence-corrected chi connectivity index (χ4v) is 3.02. The van der Waals surface area contributed by atoms with Gasteiger partial charge >= 0.3 is 0 Å². The van der Waals surface area contributed by atoms with Crippen molar-refractivity contribution in [3.63, 3.8) is 0 Å². The summed E-state index contributed by atoms with van der Waals surface area (Å²) in [6, 6.07) is 2.96. The van der Waals surface area contributed by atoms with Gasteiger partial charge in [0.05, 0.1) is 18.7 Å². The van der Waals surface area contributed by atoms with E-state index in [1.165, 1.54) is 11.8 Å². The van der Waals surface area contributed by atoms with E-state index in [0.717, 1.165) is 42.2 Å². The van der Waals surface area contributed by atoms with E-state index >= 15 is 0 Å². The zero-order valence-corrected chi connectivity index (χ0v) is 11.2. The molecule has 1 aromatic rings. The van der Waals surface area contributed by atoms with Gasteiger partial charge in [-0.15, -0.1) is 0 Å². The van der Waals surface area contributed by atoms with E-state index < -0.39 is 11.6 Å². The summed E-state index contributed by atoms with van der Waals surface area (Å²) in [5.74, 6) is -1.63. The summed E-state index contributed by atoms with van der Waals surface area (Å²) in [4.78, 5) is 18.1. The average molecular weight is 295 g/mol. The zero-order valence-electron chi connectivity index (χ0n) is 10.4. The molecule has 2 heterocycles. The van der Waals surface area contributed by atoms with E-state index in [-0.39, 0.29) is 18.0 Å². The Bertz CT molecular complexity index is 630. The fourth-order valence-electron chi connectivity index (χ4n) is 2.07. The van der Waals surface area contributed by atoms with Gasteiger partial charge in [-0.3, -0.25) is 9.79 Å². The molecule has 2 aliphatic heterocycles. The second-order valence-corrected chi connectivity index (χ2v) is 5.23. The van der Waals surface area contributed by atoms with Crippen LogP contribution in [0.2, 0.25) is 0 Å². The van der Waals surface area contributed by atoms with Gasteiger partial charge in [0.2, 0.25) is 5.91 Å². The maximum atomic E-state index is 13.4. The molecule has 104 valence electrons. The van der Waals surface area contributed by atoms with Gasteiger partial charge in [0.1, 0.15) is 11.6 Å². The molecule has 0 unspecified atom stereocenters. The number of thioether (sulfide) groups is 1. The smallest absolute Gasteiger partial charge is 0.230 e. The molecule has 0 aromatic heterocycles. The maximum Gasteiger partial charge on any atom is 0.230 e. The predicted molar refractivity (Wildman–Crippen MR) is 74.3 cm³/mol. The third-order valence-electron chi connectivity index (χ3n) is 2.99. The number of aliphatic imine (C=N–C) groups is 1. The molecule has 1 amide bonds. The second kappa shape index (κ2) is 5.24. The van der Waals surface area contributed by atoms with Crippen LogP contribution in [0.15, 0.2) is 34.3 Å². The molecule has 0 fully saturated rings. The molecule has 0 spiro atoms. The highest BCUT2D eigenvalue weighted by Gasteiger charge is 2.27. The Morgan fingerprint density at radius 1 is 1.45 bits per heavy atom. The number of nitrogens with zero attached hydrogens (tertiary/aromatic N) is 2. The van der Waals surface area contributed by atoms with Crippen molar-refractivity contribution in [2.24, 2.45) is 4.99 Å². The van der Waals surface area contributed by atoms with Gasteiger partial charge < -0.3 is 10.2 Å². The van der Waals surface area contributed by atoms with E-state index in [2.05, 4.69) is 10.3 Å². The molecule has 1 N–H and O–H groups in total. The largest absolute Gasteiger partial charge is 0.323 e. The Morgan fingerprint density at radius 3 is 3.15 bits per heavy atom. The molecule has 3 rings (SSSR count). The summed E-state index contributed by atoms with van der Waals surface area (Å²) in [6.07, 6.45) is 0.113. The van der Waals surface area contributed by atoms with Gasteiger partial charge in [0.15, 0.2) is 5.17 Å². The van der Waals surface area contributed by atoms with Crippen molar-refractivity contribution in [2.75, 3.05) is 18.4 Å². The monoisotopic (exact) mass is 295 g/mol. The van der Waals surface area contributed by atoms with Crippen molar-refractivity contribution in [1.82, 2.24) is 4.90 Å². The third-order valence-corrected chi connectivity index (χ3v) is 3.94. The van der Waals surface area contributed by atoms with Crippen LogP contribution in [0.1, 0.15) is 6.42 Å². The normalized spacial score (nSPS) is 16.8. The van der Waals surface area contributed by atoms with Crippen molar-refractivity contribution in [3.05, 3.63) is 40.9 Å². The Hall–Kier alpha value is -1.89. The lowest BCUT2D eigenvalue weighted by molar-refractivity contribution is -0.115. The van der Waals surface area contributed by atoms with Gasteiger partial charge in [0.25, 0.3) is 0 Å². The number of rotatable bonds is 3. The predicted octanol–water partition coefficient (Wildman–Crippen LogP) is 2.55. The topological polar surface area (TPSA) is 44.7 Å². The van der Waals surface area contributed by atoms with Crippen molar-refractivity contribution in [1.29, 1.82) is 0 Å². The molecule has 4 nitrogen and oxygen atoms in total. The highest BCUT2D eigenvalue weighted by Crippen LogP contribution is 2.31. The maximum absolute atomic E-state index is 13.4. The number of hydrogen-bond donors (Lipinski definition) is 1. The van der Waals surface area contributed by atoms with Crippen LogP contribution >= 0.6 is 11.8 Å². The van der Waals surface area contributed by atoms with Crippen LogP contribution in [0.25, 0.3) is 0 Å². The quantitative estimate of drug-likeness (QED) is 0.932. The van der Waals surface area contributed by atoms with E-state index in [4.69, 9.17) is 0 Å². The van der Waals surface area contributed by atoms with Crippen LogP contribution in [0, 0.1) is 11.6 Å². The second-order valence-electron chi connectivity index (χ2n) is 4.39. The first-order valence-electron chi connectivity index (χ1n) is 6.06. The average Bonchev–Trinajstić information content (AvgIpc) is 2.99. The van der Waals surface area contributed by atoms with Crippen molar-refractivity contribution >= 4 is 28.5 Å². The Kier molecular flexibility index (Phi) is 3.43. The number of amidine groups is 1. The first-order valence-corrected chi connectivity index (χ1v) is 6.94. The Labute approximate surface area is 118 Å². The first kappa shape index (κ1) is 13.1. The lowest BCUT2D eigenvalue weighted by Gasteiger charge is -2.16. The number of fused-ring (bicyclic) bond motifs is 1. The van der Waals surface area contributed by atoms with Crippen molar-refractivity contribution < 1.29 is 13.6 Å². The van der Waals surface area contributed by atoms with E-state index in [1.807, 2.05) is 10.3 Å². The zero-order chi connectivity index (χ0) is 14.1. The minimum absolute atomic E-state index is 0.113. The molecule has 0 saturated heterocycles. The number of hydrogen-bond acceptors (Lipinski definition) is 4. The Morgan fingerprint density at radius 2 is 2.30 bits per heavy atom. The van der Waals surface area contributed by atoms with Gasteiger partial charge in [-0.1, -0.05) is 11.8 Å². The summed E-state index contributed by atoms with van der Waals surface area (Å²) in [5.41, 5.74) is 0.692. The van der Waals surface area contributed by atoms with Gasteiger partial charge in [-0.05, 0) is 17.5 Å². The van der Waals surface area contributed by atoms with Gasteiger partial charge in [-0.2, -0.15) is 0 Å². The van der Waals surface area contributed by atoms with Crippen molar-refractivity contribution in [3.8, 4) is 0 Å². The van der Waals surface area contributed by atoms with E-state index in [9.17, 15) is 13.6 Å². The molecule has 0 radical (unpaired) electrons. The number of nitrogens with one attached hydrogen (secondary N) is 1. The van der Waals surface area contributed by atoms with Crippen molar-refractivity contribution in [2.45, 2.75) is 6.42 Å². The Balaban J connectivity index is 1.66. The molecule has 20 heavy (non-hydrogen) atoms. The van der Waals surface area contributed by atoms with Gasteiger partial charge in [0, 0.05) is 18.3 Å². The summed E-state index contributed by atoms with van der Waals surface area (Å²) in [5, 5.41) is 5.14. The number of anilines is 1. The number of benzene rings is 1. The van der Waals surface area contributed by atoms with Crippen LogP contribution in [-0.4, -0.2) is 29.1 Å². The summed E-state index contributed by atoms with van der Waals surface area (Å²) in [6.45, 7) is 1.48.